The first-order valence-corrected chi connectivity index (χ1v) is 16.6. The van der Waals surface area contributed by atoms with E-state index in [9.17, 15) is 5.11 Å². The smallest absolute Gasteiger partial charge is 0.0470 e. The fraction of sp³-hybridized carbons (Fsp3) is 0.650. The molecule has 232 valence electrons. The summed E-state index contributed by atoms with van der Waals surface area (Å²) < 4.78 is 0. The van der Waals surface area contributed by atoms with Gasteiger partial charge in [0.05, 0.1) is 0 Å². The highest BCUT2D eigenvalue weighted by molar-refractivity contribution is 5.20. The van der Waals surface area contributed by atoms with Crippen LogP contribution in [0.1, 0.15) is 146 Å². The maximum absolute atomic E-state index is 10.1. The fourth-order valence-corrected chi connectivity index (χ4v) is 5.92. The molecule has 0 radical (unpaired) electrons. The maximum atomic E-state index is 10.1. The quantitative estimate of drug-likeness (QED) is 0.146. The van der Waals surface area contributed by atoms with E-state index in [1.807, 2.05) is 0 Å². The molecule has 0 aliphatic heterocycles. The first-order chi connectivity index (χ1) is 19.4. The van der Waals surface area contributed by atoms with Gasteiger partial charge in [-0.2, -0.15) is 0 Å². The van der Waals surface area contributed by atoms with Gasteiger partial charge in [-0.25, -0.2) is 0 Å². The number of hydrogen-bond donors (Lipinski definition) is 1. The van der Waals surface area contributed by atoms with E-state index in [1.165, 1.54) is 58.3 Å². The summed E-state index contributed by atoms with van der Waals surface area (Å²) in [5.41, 5.74) is 10.6. The van der Waals surface area contributed by atoms with Gasteiger partial charge >= 0.3 is 0 Å². The van der Waals surface area contributed by atoms with Gasteiger partial charge in [0.15, 0.2) is 0 Å². The summed E-state index contributed by atoms with van der Waals surface area (Å²) in [6, 6.07) is 0. The molecule has 0 amide bonds. The first kappa shape index (κ1) is 37.2. The molecule has 0 bridgehead atoms. The van der Waals surface area contributed by atoms with E-state index in [0.29, 0.717) is 18.4 Å². The van der Waals surface area contributed by atoms with E-state index >= 15 is 0 Å². The maximum Gasteiger partial charge on any atom is 0.0470 e. The van der Waals surface area contributed by atoms with Crippen molar-refractivity contribution in [2.75, 3.05) is 6.61 Å². The summed E-state index contributed by atoms with van der Waals surface area (Å²) in [4.78, 5) is 0. The van der Waals surface area contributed by atoms with Crippen molar-refractivity contribution in [2.24, 2.45) is 17.3 Å². The minimum atomic E-state index is 0.246. The molecule has 1 fully saturated rings. The van der Waals surface area contributed by atoms with Crippen LogP contribution in [0, 0.1) is 17.3 Å². The van der Waals surface area contributed by atoms with Crippen molar-refractivity contribution in [3.05, 3.63) is 81.5 Å². The van der Waals surface area contributed by atoms with Crippen LogP contribution < -0.4 is 0 Å². The summed E-state index contributed by atoms with van der Waals surface area (Å²) in [5, 5.41) is 10.1. The summed E-state index contributed by atoms with van der Waals surface area (Å²) in [7, 11) is 0. The Morgan fingerprint density at radius 1 is 0.512 bits per heavy atom. The third-order valence-corrected chi connectivity index (χ3v) is 9.05. The van der Waals surface area contributed by atoms with Crippen LogP contribution in [0.2, 0.25) is 0 Å². The molecule has 1 aliphatic carbocycles. The van der Waals surface area contributed by atoms with E-state index in [4.69, 9.17) is 0 Å². The zero-order chi connectivity index (χ0) is 30.8. The van der Waals surface area contributed by atoms with Crippen molar-refractivity contribution in [3.63, 3.8) is 0 Å². The van der Waals surface area contributed by atoms with Crippen LogP contribution in [0.25, 0.3) is 0 Å². The summed E-state index contributed by atoms with van der Waals surface area (Å²) >= 11 is 0. The van der Waals surface area contributed by atoms with Gasteiger partial charge in [0.25, 0.3) is 0 Å². The Kier molecular flexibility index (Phi) is 18.2. The Morgan fingerprint density at radius 3 is 1.22 bits per heavy atom. The Labute approximate surface area is 256 Å². The highest BCUT2D eigenvalue weighted by atomic mass is 16.3. The lowest BCUT2D eigenvalue weighted by atomic mass is 9.95. The molecule has 3 unspecified atom stereocenters. The zero-order valence-electron chi connectivity index (χ0n) is 28.8. The molecular formula is C40H66O. The van der Waals surface area contributed by atoms with Crippen LogP contribution in [0.3, 0.4) is 0 Å². The monoisotopic (exact) mass is 563 g/mol. The van der Waals surface area contributed by atoms with Crippen molar-refractivity contribution in [1.29, 1.82) is 0 Å². The summed E-state index contributed by atoms with van der Waals surface area (Å²) in [6.07, 6.45) is 30.7. The van der Waals surface area contributed by atoms with Gasteiger partial charge in [0.2, 0.25) is 0 Å². The number of hydrogen-bond acceptors (Lipinski definition) is 1. The Hall–Kier alpha value is -1.86. The molecule has 0 spiro atoms. The number of aliphatic hydroxyl groups excluding tert-OH is 1. The Bertz CT molecular complexity index is 984. The Balaban J connectivity index is 2.44. The van der Waals surface area contributed by atoms with E-state index < -0.39 is 0 Å². The lowest BCUT2D eigenvalue weighted by molar-refractivity contribution is 0.249. The minimum absolute atomic E-state index is 0.246. The van der Waals surface area contributed by atoms with Crippen LogP contribution in [0.4, 0.5) is 0 Å². The van der Waals surface area contributed by atoms with E-state index in [0.717, 1.165) is 57.8 Å². The van der Waals surface area contributed by atoms with Crippen molar-refractivity contribution >= 4 is 0 Å². The third kappa shape index (κ3) is 16.4. The molecular weight excluding hydrogens is 496 g/mol. The second kappa shape index (κ2) is 20.1. The standard InChI is InChI=1S/C40H66O/c1-31(2)17-11-19-33(5)21-13-23-35(7)25-15-26-37(9)29-38-39(30-41)40(38,10)28-16-27-36(8)24-14-22-34(6)20-12-18-32(3)4/h17-18,21-22,25,27,29,38-39,41H,11-16,19-20,23-24,26,28,30H2,1-10H3. The predicted octanol–water partition coefficient (Wildman–Crippen LogP) is 12.6. The molecule has 0 aromatic rings. The van der Waals surface area contributed by atoms with Crippen molar-refractivity contribution in [1.82, 2.24) is 0 Å². The van der Waals surface area contributed by atoms with Crippen molar-refractivity contribution in [2.45, 2.75) is 146 Å². The van der Waals surface area contributed by atoms with Crippen LogP contribution >= 0.6 is 0 Å². The van der Waals surface area contributed by atoms with Gasteiger partial charge in [0, 0.05) is 6.61 Å². The third-order valence-electron chi connectivity index (χ3n) is 9.05. The molecule has 1 rings (SSSR count). The van der Waals surface area contributed by atoms with Crippen LogP contribution in [-0.2, 0) is 0 Å². The topological polar surface area (TPSA) is 20.2 Å². The molecule has 1 nitrogen and oxygen atoms in total. The lowest BCUT2D eigenvalue weighted by Gasteiger charge is -2.10. The highest BCUT2D eigenvalue weighted by Gasteiger charge is 2.58. The average molecular weight is 563 g/mol. The summed E-state index contributed by atoms with van der Waals surface area (Å²) in [6.45, 7) is 22.8. The zero-order valence-corrected chi connectivity index (χ0v) is 28.8. The van der Waals surface area contributed by atoms with Gasteiger partial charge in [0.1, 0.15) is 0 Å². The summed E-state index contributed by atoms with van der Waals surface area (Å²) in [5.74, 6) is 0.943. The molecule has 1 heteroatoms. The van der Waals surface area contributed by atoms with Gasteiger partial charge < -0.3 is 5.11 Å². The molecule has 1 saturated carbocycles. The van der Waals surface area contributed by atoms with Crippen LogP contribution in [0.5, 0.6) is 0 Å². The van der Waals surface area contributed by atoms with Gasteiger partial charge in [-0.15, -0.1) is 0 Å². The van der Waals surface area contributed by atoms with Crippen molar-refractivity contribution < 1.29 is 5.11 Å². The van der Waals surface area contributed by atoms with Crippen LogP contribution in [0.15, 0.2) is 81.5 Å². The predicted molar refractivity (Wildman–Crippen MR) is 185 cm³/mol. The largest absolute Gasteiger partial charge is 0.396 e. The fourth-order valence-electron chi connectivity index (χ4n) is 5.92. The molecule has 41 heavy (non-hydrogen) atoms. The molecule has 0 heterocycles. The molecule has 0 saturated heterocycles. The molecule has 3 atom stereocenters. The number of rotatable bonds is 20. The minimum Gasteiger partial charge on any atom is -0.396 e. The molecule has 0 aromatic heterocycles. The van der Waals surface area contributed by atoms with Crippen molar-refractivity contribution in [3.8, 4) is 0 Å². The first-order valence-electron chi connectivity index (χ1n) is 16.6. The highest BCUT2D eigenvalue weighted by Crippen LogP contribution is 2.62. The number of aliphatic hydroxyl groups is 1. The normalized spacial score (nSPS) is 22.2. The SMILES string of the molecule is CC(C)=CCCC(C)=CCCC(C)=CCCC(C)=CC1C(CO)C1(C)CCC=C(C)CCC=C(C)CCC=C(C)C. The van der Waals surface area contributed by atoms with E-state index in [1.54, 1.807) is 0 Å². The molecule has 0 aromatic carbocycles. The lowest BCUT2D eigenvalue weighted by Crippen LogP contribution is -2.01. The average Bonchev–Trinajstić information content (AvgIpc) is 3.44. The van der Waals surface area contributed by atoms with E-state index in [-0.39, 0.29) is 5.41 Å². The molecule has 1 aliphatic rings. The Morgan fingerprint density at radius 2 is 0.854 bits per heavy atom. The van der Waals surface area contributed by atoms with Crippen LogP contribution in [-0.4, -0.2) is 11.7 Å². The van der Waals surface area contributed by atoms with E-state index in [2.05, 4.69) is 112 Å². The van der Waals surface area contributed by atoms with Gasteiger partial charge in [-0.3, -0.25) is 0 Å². The molecule has 1 N–H and O–H groups in total. The van der Waals surface area contributed by atoms with Gasteiger partial charge in [-0.1, -0.05) is 88.5 Å². The van der Waals surface area contributed by atoms with Gasteiger partial charge in [-0.05, 0) is 157 Å². The second-order valence-corrected chi connectivity index (χ2v) is 13.8. The number of allylic oxidation sites excluding steroid dienone is 14. The second-order valence-electron chi connectivity index (χ2n) is 13.8.